The Bertz CT molecular complexity index is 2240. The molecule has 2 nitrogen and oxygen atoms in total. The quantitative estimate of drug-likeness (QED) is 0.167. The van der Waals surface area contributed by atoms with Crippen LogP contribution in [-0.2, 0) is 12.0 Å². The lowest BCUT2D eigenvalue weighted by Gasteiger charge is -2.32. The van der Waals surface area contributed by atoms with Crippen LogP contribution >= 0.6 is 0 Å². The monoisotopic (exact) mass is 785 g/mol. The third kappa shape index (κ3) is 7.16. The van der Waals surface area contributed by atoms with Gasteiger partial charge >= 0.3 is 0 Å². The normalized spacial score (nSPS) is 11.8. The second-order valence-electron chi connectivity index (χ2n) is 18.5. The average Bonchev–Trinajstić information content (AvgIpc) is 3.18. The molecule has 0 heterocycles. The van der Waals surface area contributed by atoms with Crippen LogP contribution in [0.1, 0.15) is 120 Å². The van der Waals surface area contributed by atoms with Gasteiger partial charge in [0.1, 0.15) is 5.75 Å². The number of hydrogen-bond acceptors (Lipinski definition) is 2. The van der Waals surface area contributed by atoms with Gasteiger partial charge in [-0.05, 0) is 274 Å². The van der Waals surface area contributed by atoms with Gasteiger partial charge in [-0.15, -0.1) is 0 Å². The van der Waals surface area contributed by atoms with E-state index in [0.29, 0.717) is 0 Å². The van der Waals surface area contributed by atoms with Gasteiger partial charge in [-0.1, -0.05) is 38.1 Å². The molecule has 0 aliphatic heterocycles. The van der Waals surface area contributed by atoms with E-state index in [1.165, 1.54) is 122 Å². The molecule has 0 amide bonds. The van der Waals surface area contributed by atoms with E-state index in [1.807, 2.05) is 7.11 Å². The van der Waals surface area contributed by atoms with Gasteiger partial charge in [-0.25, -0.2) is 0 Å². The molecule has 0 saturated heterocycles. The molecule has 0 bridgehead atoms. The van der Waals surface area contributed by atoms with E-state index in [9.17, 15) is 5.11 Å². The van der Waals surface area contributed by atoms with Crippen LogP contribution in [-0.4, -0.2) is 12.2 Å². The van der Waals surface area contributed by atoms with Crippen molar-refractivity contribution in [1.82, 2.24) is 0 Å². The summed E-state index contributed by atoms with van der Waals surface area (Å²) < 4.78 is 6.59. The topological polar surface area (TPSA) is 29.5 Å². The molecule has 0 atom stereocenters. The molecule has 6 aromatic rings. The van der Waals surface area contributed by atoms with E-state index >= 15 is 0 Å². The van der Waals surface area contributed by atoms with Crippen molar-refractivity contribution in [2.75, 3.05) is 7.11 Å². The maximum absolute atomic E-state index is 11.5. The zero-order valence-corrected chi connectivity index (χ0v) is 39.7. The van der Waals surface area contributed by atoms with Crippen LogP contribution in [0.25, 0.3) is 44.5 Å². The van der Waals surface area contributed by atoms with E-state index in [2.05, 4.69) is 173 Å². The zero-order chi connectivity index (χ0) is 43.7. The van der Waals surface area contributed by atoms with Gasteiger partial charge in [-0.3, -0.25) is 0 Å². The second kappa shape index (κ2) is 15.9. The molecule has 59 heavy (non-hydrogen) atoms. The fraction of sp³-hybridized carbons (Fsp3) is 0.368. The Morgan fingerprint density at radius 1 is 0.373 bits per heavy atom. The summed E-state index contributed by atoms with van der Waals surface area (Å²) in [5.74, 6) is 0.914. The Balaban J connectivity index is 1.83. The highest BCUT2D eigenvalue weighted by Gasteiger charge is 2.32. The molecule has 1 N–H and O–H groups in total. The predicted octanol–water partition coefficient (Wildman–Crippen LogP) is 15.1. The van der Waals surface area contributed by atoms with Crippen molar-refractivity contribution in [1.29, 1.82) is 0 Å². The van der Waals surface area contributed by atoms with Gasteiger partial charge in [-0.2, -0.15) is 0 Å². The summed E-state index contributed by atoms with van der Waals surface area (Å²) in [4.78, 5) is 0. The fourth-order valence-corrected chi connectivity index (χ4v) is 9.88. The maximum Gasteiger partial charge on any atom is 0.134 e. The van der Waals surface area contributed by atoms with Gasteiger partial charge in [0.2, 0.25) is 0 Å². The summed E-state index contributed by atoms with van der Waals surface area (Å²) in [7, 11) is 1.84. The van der Waals surface area contributed by atoms with Crippen molar-refractivity contribution < 1.29 is 9.84 Å². The van der Waals surface area contributed by atoms with Crippen LogP contribution < -0.4 is 4.74 Å². The first-order valence-corrected chi connectivity index (χ1v) is 21.4. The van der Waals surface area contributed by atoms with Crippen molar-refractivity contribution in [3.63, 3.8) is 0 Å². The largest absolute Gasteiger partial charge is 0.495 e. The second-order valence-corrected chi connectivity index (χ2v) is 18.5. The van der Waals surface area contributed by atoms with E-state index in [4.69, 9.17) is 4.74 Å². The Kier molecular flexibility index (Phi) is 11.8. The fourth-order valence-electron chi connectivity index (χ4n) is 9.88. The first-order valence-electron chi connectivity index (χ1n) is 21.4. The molecule has 308 valence electrons. The molecule has 6 rings (SSSR count). The molecule has 0 spiro atoms. The van der Waals surface area contributed by atoms with E-state index in [0.717, 1.165) is 33.6 Å². The van der Waals surface area contributed by atoms with Crippen LogP contribution in [0.3, 0.4) is 0 Å². The highest BCUT2D eigenvalue weighted by atomic mass is 16.5. The summed E-state index contributed by atoms with van der Waals surface area (Å²) in [5, 5.41) is 11.5. The number of hydrogen-bond donors (Lipinski definition) is 1. The molecular formula is C57H68O2. The third-order valence-corrected chi connectivity index (χ3v) is 14.7. The molecule has 0 saturated carbocycles. The Hall–Kier alpha value is -4.92. The van der Waals surface area contributed by atoms with Crippen molar-refractivity contribution in [3.05, 3.63) is 154 Å². The number of aliphatic hydroxyl groups excluding tert-OH is 1. The summed E-state index contributed by atoms with van der Waals surface area (Å²) in [5.41, 5.74) is 32.7. The Labute approximate surface area is 356 Å². The van der Waals surface area contributed by atoms with Crippen molar-refractivity contribution in [2.45, 2.75) is 137 Å². The van der Waals surface area contributed by atoms with Crippen molar-refractivity contribution in [3.8, 4) is 50.3 Å². The average molecular weight is 785 g/mol. The minimum absolute atomic E-state index is 0.0591. The maximum atomic E-state index is 11.5. The van der Waals surface area contributed by atoms with E-state index in [-0.39, 0.29) is 6.61 Å². The smallest absolute Gasteiger partial charge is 0.134 e. The summed E-state index contributed by atoms with van der Waals surface area (Å²) in [6, 6.07) is 18.9. The SMILES string of the molecule is COc1c(-c2c(C)c(C)cc(C)c2C)cc(C(C)(C)c2cc(-c3c(C)c(C)cc(C)c3C)c(CO)c(-c3c(C)c(C)cc(C)c3C)c2)cc1-c1c(C)c(C)cc(C)c1C. The molecule has 6 aromatic carbocycles. The molecule has 0 fully saturated rings. The highest BCUT2D eigenvalue weighted by Crippen LogP contribution is 2.50. The lowest BCUT2D eigenvalue weighted by molar-refractivity contribution is 0.283. The minimum Gasteiger partial charge on any atom is -0.495 e. The van der Waals surface area contributed by atoms with Crippen LogP contribution in [0.4, 0.5) is 0 Å². The first kappa shape index (κ1) is 43.7. The molecule has 0 aliphatic carbocycles. The minimum atomic E-state index is -0.476. The van der Waals surface area contributed by atoms with Gasteiger partial charge < -0.3 is 9.84 Å². The molecule has 0 aliphatic rings. The van der Waals surface area contributed by atoms with Crippen LogP contribution in [0.2, 0.25) is 0 Å². The number of aliphatic hydroxyl groups is 1. The zero-order valence-electron chi connectivity index (χ0n) is 39.7. The molecular weight excluding hydrogens is 717 g/mol. The molecule has 2 heteroatoms. The number of rotatable bonds is 8. The number of aryl methyl sites for hydroxylation is 8. The van der Waals surface area contributed by atoms with E-state index in [1.54, 1.807) is 0 Å². The summed E-state index contributed by atoms with van der Waals surface area (Å²) in [6.45, 7) is 40.5. The van der Waals surface area contributed by atoms with E-state index < -0.39 is 5.41 Å². The van der Waals surface area contributed by atoms with Crippen LogP contribution in [0.5, 0.6) is 5.75 Å². The lowest BCUT2D eigenvalue weighted by Crippen LogP contribution is -2.21. The first-order chi connectivity index (χ1) is 27.6. The molecule has 0 unspecified atom stereocenters. The Morgan fingerprint density at radius 3 is 0.814 bits per heavy atom. The molecule has 0 aromatic heterocycles. The summed E-state index contributed by atoms with van der Waals surface area (Å²) in [6.07, 6.45) is 0. The van der Waals surface area contributed by atoms with Gasteiger partial charge in [0.15, 0.2) is 0 Å². The lowest BCUT2D eigenvalue weighted by atomic mass is 9.72. The predicted molar refractivity (Wildman–Crippen MR) is 255 cm³/mol. The van der Waals surface area contributed by atoms with Gasteiger partial charge in [0.05, 0.1) is 13.7 Å². The van der Waals surface area contributed by atoms with Crippen LogP contribution in [0.15, 0.2) is 48.5 Å². The standard InChI is InChI=1S/C57H68O2/c1-29-20-30(2)38(10)52(37(29)9)47-24-45(25-48(51(47)28-58)53-39(11)31(3)21-32(4)40(53)12)57(17,18)46-26-49(54-41(13)33(5)22-34(6)42(54)14)56(59-19)50(27-46)55-43(15)35(7)23-36(8)44(55)16/h20-27,58H,28H2,1-19H3. The summed E-state index contributed by atoms with van der Waals surface area (Å²) >= 11 is 0. The number of ether oxygens (including phenoxy) is 1. The van der Waals surface area contributed by atoms with Gasteiger partial charge in [0.25, 0.3) is 0 Å². The van der Waals surface area contributed by atoms with Crippen molar-refractivity contribution >= 4 is 0 Å². The van der Waals surface area contributed by atoms with Gasteiger partial charge in [0, 0.05) is 16.5 Å². The highest BCUT2D eigenvalue weighted by molar-refractivity contribution is 5.90. The Morgan fingerprint density at radius 2 is 0.593 bits per heavy atom. The molecule has 0 radical (unpaired) electrons. The number of benzene rings is 6. The van der Waals surface area contributed by atoms with Crippen molar-refractivity contribution in [2.24, 2.45) is 0 Å². The third-order valence-electron chi connectivity index (χ3n) is 14.7. The number of methoxy groups -OCH3 is 1. The van der Waals surface area contributed by atoms with Crippen LogP contribution in [0, 0.1) is 111 Å².